The Labute approximate surface area is 213 Å². The molecule has 0 N–H and O–H groups in total. The van der Waals surface area contributed by atoms with Gasteiger partial charge >= 0.3 is 16.5 Å². The summed E-state index contributed by atoms with van der Waals surface area (Å²) in [5.41, 5.74) is 19.1. The molecule has 1 aliphatic rings. The molecule has 3 heteroatoms. The summed E-state index contributed by atoms with van der Waals surface area (Å²) in [6, 6.07) is 17.5. The zero-order valence-corrected chi connectivity index (χ0v) is 22.3. The fourth-order valence-corrected chi connectivity index (χ4v) is 4.06. The van der Waals surface area contributed by atoms with E-state index in [0.717, 1.165) is 54.6 Å². The minimum Gasteiger partial charge on any atom is -0.493 e. The van der Waals surface area contributed by atoms with Crippen LogP contribution in [-0.2, 0) is 29.3 Å². The molecule has 33 heavy (non-hydrogen) atoms. The van der Waals surface area contributed by atoms with Crippen LogP contribution in [0.2, 0.25) is 0 Å². The molecule has 1 heterocycles. The maximum absolute atomic E-state index is 11.2. The van der Waals surface area contributed by atoms with E-state index in [9.17, 15) is 5.53 Å². The van der Waals surface area contributed by atoms with Gasteiger partial charge in [-0.15, -0.1) is 0 Å². The number of benzene rings is 2. The molecule has 0 saturated heterocycles. The van der Waals surface area contributed by atoms with Crippen molar-refractivity contribution in [3.63, 3.8) is 0 Å². The summed E-state index contributed by atoms with van der Waals surface area (Å²) < 4.78 is 1.41. The first kappa shape index (κ1) is 31.0. The molecule has 3 rings (SSSR count). The van der Waals surface area contributed by atoms with Gasteiger partial charge in [-0.1, -0.05) is 64.3 Å². The molecule has 0 aliphatic carbocycles. The first-order valence-corrected chi connectivity index (χ1v) is 11.8. The minimum absolute atomic E-state index is 0. The normalized spacial score (nSPS) is 12.6. The van der Waals surface area contributed by atoms with Crippen LogP contribution in [0.15, 0.2) is 60.2 Å². The maximum Gasteiger partial charge on any atom is 2.00 e. The van der Waals surface area contributed by atoms with E-state index >= 15 is 0 Å². The number of rotatable bonds is 11. The van der Waals surface area contributed by atoms with Crippen LogP contribution in [-0.4, -0.2) is 4.70 Å². The Bertz CT molecular complexity index is 905. The summed E-state index contributed by atoms with van der Waals surface area (Å²) in [7, 11) is 0. The van der Waals surface area contributed by atoms with E-state index in [2.05, 4.69) is 75.4 Å². The van der Waals surface area contributed by atoms with Gasteiger partial charge in [-0.05, 0) is 73.9 Å². The van der Waals surface area contributed by atoms with Crippen molar-refractivity contribution < 1.29 is 21.2 Å². The molecular weight excluding hydrogens is 447 g/mol. The molecular formula is C30H42N2Ni. The van der Waals surface area contributed by atoms with Crippen LogP contribution >= 0.6 is 0 Å². The molecule has 0 fully saturated rings. The zero-order valence-electron chi connectivity index (χ0n) is 21.3. The molecule has 0 amide bonds. The van der Waals surface area contributed by atoms with E-state index in [1.54, 1.807) is 0 Å². The molecule has 0 atom stereocenters. The fourth-order valence-electron chi connectivity index (χ4n) is 4.06. The molecule has 2 aromatic carbocycles. The molecule has 0 aromatic heterocycles. The number of hydrogen-bond donors (Lipinski definition) is 0. The number of allylic oxidation sites excluding steroid dienone is 2. The molecule has 0 saturated carbocycles. The van der Waals surface area contributed by atoms with Crippen molar-refractivity contribution in [2.75, 3.05) is 0 Å². The van der Waals surface area contributed by atoms with Crippen LogP contribution in [0, 0.1) is 14.9 Å². The first-order valence-electron chi connectivity index (χ1n) is 11.8. The van der Waals surface area contributed by atoms with Gasteiger partial charge in [0.15, 0.2) is 0 Å². The van der Waals surface area contributed by atoms with Crippen molar-refractivity contribution in [1.29, 1.82) is 0 Å². The van der Waals surface area contributed by atoms with Gasteiger partial charge in [0.25, 0.3) is 0 Å². The van der Waals surface area contributed by atoms with Crippen LogP contribution < -0.4 is 0 Å². The predicted octanol–water partition coefficient (Wildman–Crippen LogP) is 9.26. The van der Waals surface area contributed by atoms with Gasteiger partial charge in [0, 0.05) is 22.8 Å². The van der Waals surface area contributed by atoms with E-state index < -0.39 is 0 Å². The van der Waals surface area contributed by atoms with Crippen molar-refractivity contribution in [3.05, 3.63) is 103 Å². The van der Waals surface area contributed by atoms with E-state index in [4.69, 9.17) is 0 Å². The Morgan fingerprint density at radius 1 is 0.636 bits per heavy atom. The molecule has 0 unspecified atom stereocenters. The molecule has 2 nitrogen and oxygen atoms in total. The predicted molar refractivity (Wildman–Crippen MR) is 141 cm³/mol. The molecule has 2 aromatic rings. The standard InChI is InChI=1S/C28H36N2.2CH3.Ni/c1-4-7-10-22-13-17-24(18-14-22)27-21-26(12-9-6-3)28(30(27)29)25-19-15-23(16-20-25)11-8-5-2;;;/h13-21H,4-12H2,1-3H3;2*1H3;/q;2*-1;+2. The van der Waals surface area contributed by atoms with E-state index in [1.165, 1.54) is 47.1 Å². The monoisotopic (exact) mass is 488 g/mol. The van der Waals surface area contributed by atoms with Crippen molar-refractivity contribution in [1.82, 2.24) is 0 Å². The summed E-state index contributed by atoms with van der Waals surface area (Å²) in [6.45, 7) is 6.67. The largest absolute Gasteiger partial charge is 2.00 e. The van der Waals surface area contributed by atoms with Gasteiger partial charge in [0.2, 0.25) is 11.4 Å². The smallest absolute Gasteiger partial charge is 0.493 e. The summed E-state index contributed by atoms with van der Waals surface area (Å²) in [6.07, 6.45) is 12.5. The average Bonchev–Trinajstić information content (AvgIpc) is 3.11. The maximum atomic E-state index is 11.2. The van der Waals surface area contributed by atoms with Gasteiger partial charge in [0.1, 0.15) is 0 Å². The Morgan fingerprint density at radius 2 is 1.06 bits per heavy atom. The summed E-state index contributed by atoms with van der Waals surface area (Å²) >= 11 is 0. The number of aryl methyl sites for hydroxylation is 2. The Morgan fingerprint density at radius 3 is 1.52 bits per heavy atom. The average molecular weight is 489 g/mol. The van der Waals surface area contributed by atoms with Crippen molar-refractivity contribution in [2.45, 2.75) is 78.6 Å². The summed E-state index contributed by atoms with van der Waals surface area (Å²) in [4.78, 5) is 0. The minimum atomic E-state index is 0. The van der Waals surface area contributed by atoms with E-state index in [1.807, 2.05) is 0 Å². The van der Waals surface area contributed by atoms with Crippen LogP contribution in [0.1, 0.15) is 88.0 Å². The van der Waals surface area contributed by atoms with Gasteiger partial charge in [-0.2, -0.15) is 0 Å². The van der Waals surface area contributed by atoms with Crippen LogP contribution in [0.4, 0.5) is 0 Å². The quantitative estimate of drug-likeness (QED) is 0.171. The molecule has 182 valence electrons. The topological polar surface area (TPSA) is 25.3 Å². The zero-order chi connectivity index (χ0) is 21.3. The van der Waals surface area contributed by atoms with Crippen LogP contribution in [0.5, 0.6) is 0 Å². The van der Waals surface area contributed by atoms with E-state index in [-0.39, 0.29) is 31.3 Å². The Kier molecular flexibility index (Phi) is 14.8. The molecule has 1 aliphatic heterocycles. The third kappa shape index (κ3) is 8.07. The number of unbranched alkanes of at least 4 members (excludes halogenated alkanes) is 3. The first-order chi connectivity index (χ1) is 14.7. The fraction of sp³-hybridized carbons (Fsp3) is 0.400. The third-order valence-corrected chi connectivity index (χ3v) is 5.97. The molecule has 0 bridgehead atoms. The van der Waals surface area contributed by atoms with Crippen molar-refractivity contribution >= 4 is 11.4 Å². The molecule has 0 radical (unpaired) electrons. The van der Waals surface area contributed by atoms with Gasteiger partial charge in [-0.3, -0.25) is 0 Å². The summed E-state index contributed by atoms with van der Waals surface area (Å²) in [5, 5.41) is 0. The van der Waals surface area contributed by atoms with Gasteiger partial charge < -0.3 is 20.4 Å². The Hall–Kier alpha value is -1.99. The second kappa shape index (κ2) is 15.8. The van der Waals surface area contributed by atoms with Crippen LogP contribution in [0.25, 0.3) is 16.9 Å². The Balaban J connectivity index is 0.00000341. The van der Waals surface area contributed by atoms with E-state index in [0.29, 0.717) is 0 Å². The van der Waals surface area contributed by atoms with Crippen LogP contribution in [0.3, 0.4) is 0 Å². The summed E-state index contributed by atoms with van der Waals surface area (Å²) in [5.74, 6) is 0. The third-order valence-electron chi connectivity index (χ3n) is 5.97. The van der Waals surface area contributed by atoms with Crippen molar-refractivity contribution in [2.24, 2.45) is 0 Å². The van der Waals surface area contributed by atoms with Gasteiger partial charge in [0.05, 0.1) is 0 Å². The number of hydrogen-bond acceptors (Lipinski definition) is 0. The second-order valence-electron chi connectivity index (χ2n) is 8.42. The second-order valence-corrected chi connectivity index (χ2v) is 8.42. The number of nitrogens with zero attached hydrogens (tertiary/aromatic N) is 2. The SMILES string of the molecule is CCCCC1=C(c2ccc(CCCC)cc2)[N+](=[N-])C(c2ccc(CCCC)cc2)=C1.[CH3-].[CH3-].[Ni+2]. The van der Waals surface area contributed by atoms with Gasteiger partial charge in [-0.25, -0.2) is 4.70 Å². The van der Waals surface area contributed by atoms with Crippen molar-refractivity contribution in [3.8, 4) is 0 Å². The molecule has 0 spiro atoms.